The number of para-hydroxylation sites is 1. The van der Waals surface area contributed by atoms with Crippen LogP contribution in [0.4, 0.5) is 10.1 Å². The van der Waals surface area contributed by atoms with Crippen LogP contribution in [0.15, 0.2) is 94.1 Å². The fourth-order valence-electron chi connectivity index (χ4n) is 6.49. The van der Waals surface area contributed by atoms with Gasteiger partial charge in [0, 0.05) is 22.7 Å². The molecule has 1 aromatic heterocycles. The summed E-state index contributed by atoms with van der Waals surface area (Å²) in [6.07, 6.45) is 0.310. The molecular formula is C35H26ClFN2O6. The first-order valence-electron chi connectivity index (χ1n) is 14.2. The van der Waals surface area contributed by atoms with Crippen molar-refractivity contribution in [2.75, 3.05) is 25.7 Å². The highest BCUT2D eigenvalue weighted by Crippen LogP contribution is 2.53. The smallest absolute Gasteiger partial charge is 0.291 e. The monoisotopic (exact) mass is 624 g/mol. The number of carbonyl (C=O) groups is 2. The summed E-state index contributed by atoms with van der Waals surface area (Å²) in [4.78, 5) is 46.5. The third kappa shape index (κ3) is 4.22. The Morgan fingerprint density at radius 1 is 0.889 bits per heavy atom. The Hall–Kier alpha value is -5.15. The quantitative estimate of drug-likeness (QED) is 0.218. The zero-order valence-electron chi connectivity index (χ0n) is 24.3. The maximum absolute atomic E-state index is 14.9. The molecule has 1 unspecified atom stereocenters. The van der Waals surface area contributed by atoms with E-state index < -0.39 is 28.6 Å². The molecule has 0 bridgehead atoms. The number of methoxy groups -OCH3 is 2. The number of hydrogen-bond donors (Lipinski definition) is 0. The van der Waals surface area contributed by atoms with Gasteiger partial charge in [-0.25, -0.2) is 4.39 Å². The normalized spacial score (nSPS) is 16.9. The summed E-state index contributed by atoms with van der Waals surface area (Å²) in [7, 11) is 3.07. The maximum Gasteiger partial charge on any atom is 0.291 e. The van der Waals surface area contributed by atoms with Crippen molar-refractivity contribution in [1.29, 1.82) is 0 Å². The average molecular weight is 625 g/mol. The van der Waals surface area contributed by atoms with Crippen LogP contribution in [0, 0.1) is 5.82 Å². The summed E-state index contributed by atoms with van der Waals surface area (Å²) in [5, 5.41) is 0.450. The number of anilines is 1. The molecule has 0 N–H and O–H groups in total. The first-order chi connectivity index (χ1) is 21.8. The second-order valence-corrected chi connectivity index (χ2v) is 11.3. The van der Waals surface area contributed by atoms with Crippen LogP contribution >= 0.6 is 11.6 Å². The molecule has 0 aliphatic carbocycles. The molecule has 2 aliphatic heterocycles. The highest BCUT2D eigenvalue weighted by molar-refractivity contribution is 6.31. The van der Waals surface area contributed by atoms with Gasteiger partial charge < -0.3 is 23.7 Å². The molecule has 0 saturated heterocycles. The van der Waals surface area contributed by atoms with Gasteiger partial charge >= 0.3 is 0 Å². The number of hydrogen-bond acceptors (Lipinski definition) is 6. The lowest BCUT2D eigenvalue weighted by Gasteiger charge is -2.34. The molecule has 2 aliphatic rings. The summed E-state index contributed by atoms with van der Waals surface area (Å²) in [6, 6.07) is 23.1. The Balaban J connectivity index is 1.43. The largest absolute Gasteiger partial charge is 0.493 e. The summed E-state index contributed by atoms with van der Waals surface area (Å²) >= 11 is 6.26. The van der Waals surface area contributed by atoms with E-state index in [0.717, 1.165) is 5.56 Å². The molecule has 45 heavy (non-hydrogen) atoms. The standard InChI is InChI=1S/C35H26ClFN2O6/c1-43-28-13-11-20(17-29(28)44-2)15-16-39-33(41)32-30(31(40)23-18-22(36)12-14-27(23)45-32)35(39)24-8-4-6-10-26(24)38(34(35)42)19-21-7-3-5-9-25(21)37/h3-14,17-18H,15-16,19H2,1-2H3. The van der Waals surface area contributed by atoms with E-state index in [0.29, 0.717) is 34.2 Å². The van der Waals surface area contributed by atoms with Crippen LogP contribution in [0.2, 0.25) is 5.02 Å². The lowest BCUT2D eigenvalue weighted by molar-refractivity contribution is -0.126. The van der Waals surface area contributed by atoms with E-state index in [1.165, 1.54) is 35.1 Å². The van der Waals surface area contributed by atoms with Crippen molar-refractivity contribution < 1.29 is 27.9 Å². The predicted octanol–water partition coefficient (Wildman–Crippen LogP) is 6.09. The molecule has 0 saturated carbocycles. The van der Waals surface area contributed by atoms with E-state index in [4.69, 9.17) is 25.5 Å². The lowest BCUT2D eigenvalue weighted by atomic mass is 9.83. The van der Waals surface area contributed by atoms with Crippen molar-refractivity contribution in [3.63, 3.8) is 0 Å². The third-order valence-corrected chi connectivity index (χ3v) is 8.79. The molecule has 4 aromatic carbocycles. The van der Waals surface area contributed by atoms with E-state index in [2.05, 4.69) is 0 Å². The molecule has 5 aromatic rings. The van der Waals surface area contributed by atoms with Crippen LogP contribution in [0.3, 0.4) is 0 Å². The van der Waals surface area contributed by atoms with E-state index >= 15 is 0 Å². The van der Waals surface area contributed by atoms with Gasteiger partial charge in [-0.05, 0) is 54.4 Å². The van der Waals surface area contributed by atoms with Gasteiger partial charge in [0.2, 0.25) is 5.76 Å². The first kappa shape index (κ1) is 28.6. The van der Waals surface area contributed by atoms with Gasteiger partial charge in [0.25, 0.3) is 11.8 Å². The topological polar surface area (TPSA) is 89.3 Å². The van der Waals surface area contributed by atoms with Crippen LogP contribution in [-0.2, 0) is 23.3 Å². The lowest BCUT2D eigenvalue weighted by Crippen LogP contribution is -2.53. The third-order valence-electron chi connectivity index (χ3n) is 8.56. The van der Waals surface area contributed by atoms with Gasteiger partial charge in [0.1, 0.15) is 11.4 Å². The van der Waals surface area contributed by atoms with Crippen LogP contribution in [0.1, 0.15) is 32.8 Å². The zero-order valence-corrected chi connectivity index (χ0v) is 25.1. The van der Waals surface area contributed by atoms with Gasteiger partial charge in [-0.15, -0.1) is 0 Å². The summed E-state index contributed by atoms with van der Waals surface area (Å²) in [6.45, 7) is -0.0648. The molecular weight excluding hydrogens is 599 g/mol. The second kappa shape index (κ2) is 10.8. The highest BCUT2D eigenvalue weighted by atomic mass is 35.5. The molecule has 8 nitrogen and oxygen atoms in total. The van der Waals surface area contributed by atoms with E-state index in [-0.39, 0.29) is 40.9 Å². The van der Waals surface area contributed by atoms with Crippen molar-refractivity contribution >= 4 is 40.1 Å². The number of rotatable bonds is 7. The average Bonchev–Trinajstić information content (AvgIpc) is 3.44. The Morgan fingerprint density at radius 2 is 1.64 bits per heavy atom. The van der Waals surface area contributed by atoms with E-state index in [9.17, 15) is 18.8 Å². The summed E-state index contributed by atoms with van der Waals surface area (Å²) in [5.41, 5.74) is -0.305. The minimum absolute atomic E-state index is 0.0443. The van der Waals surface area contributed by atoms with E-state index in [1.54, 1.807) is 67.8 Å². The van der Waals surface area contributed by atoms with Gasteiger partial charge in [-0.2, -0.15) is 0 Å². The van der Waals surface area contributed by atoms with Gasteiger partial charge in [-0.1, -0.05) is 54.1 Å². The van der Waals surface area contributed by atoms with Crippen molar-refractivity contribution in [2.45, 2.75) is 18.5 Å². The van der Waals surface area contributed by atoms with Crippen LogP contribution in [-0.4, -0.2) is 37.5 Å². The van der Waals surface area contributed by atoms with Gasteiger partial charge in [0.15, 0.2) is 22.5 Å². The molecule has 1 spiro atoms. The van der Waals surface area contributed by atoms with Gasteiger partial charge in [-0.3, -0.25) is 14.4 Å². The maximum atomic E-state index is 14.9. The molecule has 7 rings (SSSR count). The fourth-order valence-corrected chi connectivity index (χ4v) is 6.67. The van der Waals surface area contributed by atoms with Crippen LogP contribution < -0.4 is 19.8 Å². The number of nitrogens with zero attached hydrogens (tertiary/aromatic N) is 2. The van der Waals surface area contributed by atoms with Crippen molar-refractivity contribution in [3.05, 3.63) is 134 Å². The van der Waals surface area contributed by atoms with Gasteiger partial charge in [0.05, 0.1) is 37.4 Å². The number of ether oxygens (including phenoxy) is 2. The minimum atomic E-state index is -1.86. The van der Waals surface area contributed by atoms with Crippen LogP contribution in [0.25, 0.3) is 11.0 Å². The number of halogens is 2. The first-order valence-corrected chi connectivity index (χ1v) is 14.6. The Kier molecular flexibility index (Phi) is 6.85. The number of fused-ring (bicyclic) bond motifs is 5. The number of amides is 2. The Labute approximate surface area is 262 Å². The second-order valence-electron chi connectivity index (χ2n) is 10.9. The fraction of sp³-hybridized carbons (Fsp3) is 0.171. The Bertz CT molecular complexity index is 2100. The highest BCUT2D eigenvalue weighted by Gasteiger charge is 2.64. The molecule has 1 atom stereocenters. The number of carbonyl (C=O) groups excluding carboxylic acids is 2. The number of benzene rings is 4. The van der Waals surface area contributed by atoms with Crippen molar-refractivity contribution in [3.8, 4) is 11.5 Å². The molecule has 226 valence electrons. The van der Waals surface area contributed by atoms with Crippen LogP contribution in [0.5, 0.6) is 11.5 Å². The zero-order chi connectivity index (χ0) is 31.5. The van der Waals surface area contributed by atoms with Crippen molar-refractivity contribution in [1.82, 2.24) is 4.90 Å². The Morgan fingerprint density at radius 3 is 2.42 bits per heavy atom. The molecule has 2 amide bonds. The van der Waals surface area contributed by atoms with Crippen molar-refractivity contribution in [2.24, 2.45) is 0 Å². The molecule has 0 fully saturated rings. The molecule has 0 radical (unpaired) electrons. The predicted molar refractivity (Wildman–Crippen MR) is 167 cm³/mol. The minimum Gasteiger partial charge on any atom is -0.493 e. The van der Waals surface area contributed by atoms with E-state index in [1.807, 2.05) is 6.07 Å². The molecule has 3 heterocycles. The summed E-state index contributed by atoms with van der Waals surface area (Å²) in [5.74, 6) is -0.782. The molecule has 10 heteroatoms. The SMILES string of the molecule is COc1ccc(CCN2C(=O)c3oc4ccc(Cl)cc4c(=O)c3C23C(=O)N(Cc2ccccc2F)c2ccccc23)cc1OC. The summed E-state index contributed by atoms with van der Waals surface area (Å²) < 4.78 is 31.8.